The van der Waals surface area contributed by atoms with Gasteiger partial charge in [-0.05, 0) is 56.5 Å². The van der Waals surface area contributed by atoms with Crippen molar-refractivity contribution >= 4 is 11.6 Å². The Labute approximate surface area is 118 Å². The van der Waals surface area contributed by atoms with E-state index in [-0.39, 0.29) is 11.5 Å². The molecule has 2 rings (SSSR count). The molecule has 0 bridgehead atoms. The lowest BCUT2D eigenvalue weighted by molar-refractivity contribution is -0.116. The molecule has 1 fully saturated rings. The average Bonchev–Trinajstić information content (AvgIpc) is 2.48. The number of nitrogens with one attached hydrogen (secondary N) is 2. The number of halogens is 1. The third kappa shape index (κ3) is 4.04. The number of carbonyl (C=O) groups is 1. The van der Waals surface area contributed by atoms with Crippen LogP contribution in [0.5, 0.6) is 0 Å². The van der Waals surface area contributed by atoms with Gasteiger partial charge in [-0.25, -0.2) is 4.39 Å². The topological polar surface area (TPSA) is 64.9 Å². The first-order chi connectivity index (χ1) is 9.69. The molecule has 1 aliphatic rings. The molecular weight excluding hydrogens is 257 g/mol. The van der Waals surface area contributed by atoms with Crippen molar-refractivity contribution in [3.05, 3.63) is 29.6 Å². The van der Waals surface area contributed by atoms with Crippen molar-refractivity contribution in [3.8, 4) is 6.07 Å². The summed E-state index contributed by atoms with van der Waals surface area (Å²) in [7, 11) is 0. The summed E-state index contributed by atoms with van der Waals surface area (Å²) < 4.78 is 13.2. The molecule has 1 aliphatic heterocycles. The predicted molar refractivity (Wildman–Crippen MR) is 74.6 cm³/mol. The molecule has 1 saturated heterocycles. The Hall–Kier alpha value is -1.93. The second-order valence-corrected chi connectivity index (χ2v) is 5.09. The van der Waals surface area contributed by atoms with Gasteiger partial charge in [-0.15, -0.1) is 0 Å². The van der Waals surface area contributed by atoms with Crippen molar-refractivity contribution in [1.82, 2.24) is 5.32 Å². The van der Waals surface area contributed by atoms with E-state index in [0.29, 0.717) is 18.0 Å². The highest BCUT2D eigenvalue weighted by atomic mass is 19.1. The predicted octanol–water partition coefficient (Wildman–Crippen LogP) is 2.42. The number of carbonyl (C=O) groups excluding carboxylic acids is 1. The molecule has 1 amide bonds. The van der Waals surface area contributed by atoms with Crippen LogP contribution in [-0.4, -0.2) is 19.0 Å². The zero-order chi connectivity index (χ0) is 14.4. The van der Waals surface area contributed by atoms with Crippen molar-refractivity contribution in [2.75, 3.05) is 18.4 Å². The Balaban J connectivity index is 1.83. The first-order valence-corrected chi connectivity index (χ1v) is 6.89. The zero-order valence-corrected chi connectivity index (χ0v) is 11.3. The summed E-state index contributed by atoms with van der Waals surface area (Å²) in [5.41, 5.74) is 0.416. The second kappa shape index (κ2) is 7.01. The summed E-state index contributed by atoms with van der Waals surface area (Å²) in [5.74, 6) is -0.0517. The summed E-state index contributed by atoms with van der Waals surface area (Å²) in [6, 6.07) is 5.78. The highest BCUT2D eigenvalue weighted by Crippen LogP contribution is 2.19. The number of hydrogen-bond donors (Lipinski definition) is 2. The maximum Gasteiger partial charge on any atom is 0.224 e. The molecule has 0 atom stereocenters. The number of amides is 1. The number of anilines is 1. The van der Waals surface area contributed by atoms with Gasteiger partial charge in [0, 0.05) is 12.1 Å². The molecule has 0 aromatic heterocycles. The van der Waals surface area contributed by atoms with Gasteiger partial charge in [-0.1, -0.05) is 0 Å². The van der Waals surface area contributed by atoms with Crippen LogP contribution in [0.1, 0.15) is 31.2 Å². The monoisotopic (exact) mass is 275 g/mol. The van der Waals surface area contributed by atoms with E-state index in [1.54, 1.807) is 6.07 Å². The zero-order valence-electron chi connectivity index (χ0n) is 11.3. The number of piperidine rings is 1. The van der Waals surface area contributed by atoms with Crippen LogP contribution in [0.3, 0.4) is 0 Å². The van der Waals surface area contributed by atoms with Gasteiger partial charge in [0.1, 0.15) is 11.9 Å². The van der Waals surface area contributed by atoms with Crippen LogP contribution in [-0.2, 0) is 4.79 Å². The van der Waals surface area contributed by atoms with E-state index in [2.05, 4.69) is 10.6 Å². The SMILES string of the molecule is N#Cc1cc(NC(=O)CCC2CCNCC2)ccc1F. The molecule has 0 radical (unpaired) electrons. The standard InChI is InChI=1S/C15H18FN3O/c16-14-3-2-13(9-12(14)10-17)19-15(20)4-1-11-5-7-18-8-6-11/h2-3,9,11,18H,1,4-8H2,(H,19,20). The number of nitriles is 1. The van der Waals surface area contributed by atoms with Crippen molar-refractivity contribution < 1.29 is 9.18 Å². The minimum absolute atomic E-state index is 0.0545. The summed E-state index contributed by atoms with van der Waals surface area (Å²) in [6.45, 7) is 2.05. The molecular formula is C15H18FN3O. The van der Waals surface area contributed by atoms with Gasteiger partial charge < -0.3 is 10.6 Å². The average molecular weight is 275 g/mol. The fourth-order valence-corrected chi connectivity index (χ4v) is 2.42. The third-order valence-electron chi connectivity index (χ3n) is 3.61. The van der Waals surface area contributed by atoms with Crippen LogP contribution >= 0.6 is 0 Å². The molecule has 5 heteroatoms. The summed E-state index contributed by atoms with van der Waals surface area (Å²) in [5, 5.41) is 14.7. The lowest BCUT2D eigenvalue weighted by Gasteiger charge is -2.22. The largest absolute Gasteiger partial charge is 0.326 e. The van der Waals surface area contributed by atoms with Gasteiger partial charge in [0.2, 0.25) is 5.91 Å². The second-order valence-electron chi connectivity index (χ2n) is 5.09. The molecule has 1 heterocycles. The number of nitrogens with zero attached hydrogens (tertiary/aromatic N) is 1. The van der Waals surface area contributed by atoms with Crippen LogP contribution in [0, 0.1) is 23.1 Å². The summed E-state index contributed by atoms with van der Waals surface area (Å²) in [6.07, 6.45) is 3.56. The fourth-order valence-electron chi connectivity index (χ4n) is 2.42. The van der Waals surface area contributed by atoms with Crippen LogP contribution in [0.25, 0.3) is 0 Å². The van der Waals surface area contributed by atoms with Gasteiger partial charge in [0.25, 0.3) is 0 Å². The molecule has 106 valence electrons. The minimum Gasteiger partial charge on any atom is -0.326 e. The maximum absolute atomic E-state index is 13.2. The third-order valence-corrected chi connectivity index (χ3v) is 3.61. The lowest BCUT2D eigenvalue weighted by atomic mass is 9.93. The molecule has 1 aromatic rings. The van der Waals surface area contributed by atoms with Crippen LogP contribution < -0.4 is 10.6 Å². The minimum atomic E-state index is -0.569. The van der Waals surface area contributed by atoms with Gasteiger partial charge in [-0.3, -0.25) is 4.79 Å². The first kappa shape index (κ1) is 14.5. The normalized spacial score (nSPS) is 15.6. The molecule has 0 spiro atoms. The van der Waals surface area contributed by atoms with Gasteiger partial charge in [-0.2, -0.15) is 5.26 Å². The molecule has 0 unspecified atom stereocenters. The van der Waals surface area contributed by atoms with Crippen LogP contribution in [0.15, 0.2) is 18.2 Å². The Morgan fingerprint density at radius 2 is 2.20 bits per heavy atom. The highest BCUT2D eigenvalue weighted by Gasteiger charge is 2.14. The number of hydrogen-bond acceptors (Lipinski definition) is 3. The van der Waals surface area contributed by atoms with Gasteiger partial charge in [0.05, 0.1) is 5.56 Å². The number of benzene rings is 1. The van der Waals surface area contributed by atoms with Crippen LogP contribution in [0.4, 0.5) is 10.1 Å². The van der Waals surface area contributed by atoms with Crippen molar-refractivity contribution in [2.24, 2.45) is 5.92 Å². The van der Waals surface area contributed by atoms with Gasteiger partial charge >= 0.3 is 0 Å². The lowest BCUT2D eigenvalue weighted by Crippen LogP contribution is -2.28. The Morgan fingerprint density at radius 3 is 2.90 bits per heavy atom. The van der Waals surface area contributed by atoms with Gasteiger partial charge in [0.15, 0.2) is 0 Å². The molecule has 0 aliphatic carbocycles. The highest BCUT2D eigenvalue weighted by molar-refractivity contribution is 5.90. The molecule has 2 N–H and O–H groups in total. The quantitative estimate of drug-likeness (QED) is 0.887. The smallest absolute Gasteiger partial charge is 0.224 e. The van der Waals surface area contributed by atoms with E-state index in [1.165, 1.54) is 18.2 Å². The molecule has 1 aromatic carbocycles. The summed E-state index contributed by atoms with van der Waals surface area (Å²) >= 11 is 0. The van der Waals surface area contributed by atoms with Crippen molar-refractivity contribution in [2.45, 2.75) is 25.7 Å². The summed E-state index contributed by atoms with van der Waals surface area (Å²) in [4.78, 5) is 11.8. The van der Waals surface area contributed by atoms with E-state index in [0.717, 1.165) is 32.4 Å². The van der Waals surface area contributed by atoms with E-state index in [1.807, 2.05) is 0 Å². The van der Waals surface area contributed by atoms with E-state index < -0.39 is 5.82 Å². The van der Waals surface area contributed by atoms with E-state index in [4.69, 9.17) is 5.26 Å². The molecule has 20 heavy (non-hydrogen) atoms. The molecule has 4 nitrogen and oxygen atoms in total. The Bertz CT molecular complexity index is 518. The molecule has 0 saturated carbocycles. The Morgan fingerprint density at radius 1 is 1.45 bits per heavy atom. The van der Waals surface area contributed by atoms with E-state index in [9.17, 15) is 9.18 Å². The maximum atomic E-state index is 13.2. The van der Waals surface area contributed by atoms with Crippen LogP contribution in [0.2, 0.25) is 0 Å². The van der Waals surface area contributed by atoms with Crippen molar-refractivity contribution in [1.29, 1.82) is 5.26 Å². The van der Waals surface area contributed by atoms with E-state index >= 15 is 0 Å². The fraction of sp³-hybridized carbons (Fsp3) is 0.467. The van der Waals surface area contributed by atoms with Crippen molar-refractivity contribution in [3.63, 3.8) is 0 Å². The number of rotatable bonds is 4. The first-order valence-electron chi connectivity index (χ1n) is 6.89. The Kier molecular flexibility index (Phi) is 5.08.